The third kappa shape index (κ3) is 4.39. The number of hydrogen-bond donors (Lipinski definition) is 1. The monoisotopic (exact) mass is 383 g/mol. The number of hydrogen-bond acceptors (Lipinski definition) is 5. The number of aryl methyl sites for hydroxylation is 1. The van der Waals surface area contributed by atoms with Crippen LogP contribution in [0.25, 0.3) is 11.3 Å². The Balaban J connectivity index is 1.67. The van der Waals surface area contributed by atoms with E-state index in [4.69, 9.17) is 16.0 Å². The Morgan fingerprint density at radius 1 is 1.22 bits per heavy atom. The highest BCUT2D eigenvalue weighted by atomic mass is 35.5. The maximum atomic E-state index is 12.0. The number of rotatable bonds is 5. The van der Waals surface area contributed by atoms with Crippen molar-refractivity contribution in [1.82, 2.24) is 5.43 Å². The van der Waals surface area contributed by atoms with Crippen LogP contribution in [0.3, 0.4) is 0 Å². The van der Waals surface area contributed by atoms with Gasteiger partial charge in [-0.15, -0.1) is 0 Å². The van der Waals surface area contributed by atoms with E-state index < -0.39 is 10.8 Å². The first kappa shape index (κ1) is 18.3. The molecule has 8 heteroatoms. The maximum absolute atomic E-state index is 12.0. The van der Waals surface area contributed by atoms with Gasteiger partial charge in [0.2, 0.25) is 0 Å². The summed E-state index contributed by atoms with van der Waals surface area (Å²) in [7, 11) is 0. The normalized spacial score (nSPS) is 10.9. The van der Waals surface area contributed by atoms with Crippen LogP contribution < -0.4 is 5.43 Å². The number of furan rings is 1. The van der Waals surface area contributed by atoms with Gasteiger partial charge in [0, 0.05) is 28.3 Å². The van der Waals surface area contributed by atoms with Crippen LogP contribution in [0.15, 0.2) is 64.1 Å². The zero-order valence-electron chi connectivity index (χ0n) is 14.2. The molecule has 3 rings (SSSR count). The fourth-order valence-electron chi connectivity index (χ4n) is 2.30. The van der Waals surface area contributed by atoms with Crippen molar-refractivity contribution in [2.24, 2.45) is 5.10 Å². The van der Waals surface area contributed by atoms with Crippen LogP contribution in [0.1, 0.15) is 21.7 Å². The van der Waals surface area contributed by atoms with E-state index in [1.807, 2.05) is 19.1 Å². The number of nitro benzene ring substituents is 1. The molecule has 0 aliphatic rings. The number of nitrogens with one attached hydrogen (secondary N) is 1. The second-order valence-electron chi connectivity index (χ2n) is 5.67. The topological polar surface area (TPSA) is 97.7 Å². The Bertz CT molecular complexity index is 1040. The number of non-ortho nitro benzene ring substituents is 1. The van der Waals surface area contributed by atoms with Crippen LogP contribution in [-0.2, 0) is 0 Å². The summed E-state index contributed by atoms with van der Waals surface area (Å²) in [6.45, 7) is 1.91. The molecule has 1 amide bonds. The summed E-state index contributed by atoms with van der Waals surface area (Å²) < 4.78 is 5.65. The Hall–Kier alpha value is -3.45. The van der Waals surface area contributed by atoms with Crippen molar-refractivity contribution in [2.45, 2.75) is 6.92 Å². The molecule has 0 bridgehead atoms. The van der Waals surface area contributed by atoms with Gasteiger partial charge in [0.15, 0.2) is 0 Å². The number of carbonyl (C=O) groups excluding carboxylic acids is 1. The Kier molecular flexibility index (Phi) is 5.33. The van der Waals surface area contributed by atoms with E-state index in [1.54, 1.807) is 18.2 Å². The average molecular weight is 384 g/mol. The summed E-state index contributed by atoms with van der Waals surface area (Å²) in [6, 6.07) is 14.4. The van der Waals surface area contributed by atoms with Crippen molar-refractivity contribution in [3.63, 3.8) is 0 Å². The minimum absolute atomic E-state index is 0.135. The van der Waals surface area contributed by atoms with Crippen LogP contribution >= 0.6 is 11.6 Å². The molecule has 0 saturated carbocycles. The molecule has 0 atom stereocenters. The summed E-state index contributed by atoms with van der Waals surface area (Å²) in [4.78, 5) is 22.2. The lowest BCUT2D eigenvalue weighted by atomic mass is 10.1. The zero-order chi connectivity index (χ0) is 19.4. The summed E-state index contributed by atoms with van der Waals surface area (Å²) in [5, 5.41) is 15.2. The predicted octanol–water partition coefficient (Wildman–Crippen LogP) is 4.58. The van der Waals surface area contributed by atoms with Gasteiger partial charge < -0.3 is 4.42 Å². The van der Waals surface area contributed by atoms with Crippen molar-refractivity contribution in [3.8, 4) is 11.3 Å². The van der Waals surface area contributed by atoms with Gasteiger partial charge in [-0.05, 0) is 36.8 Å². The lowest BCUT2D eigenvalue weighted by Crippen LogP contribution is -2.17. The number of amides is 1. The number of carbonyl (C=O) groups is 1. The van der Waals surface area contributed by atoms with Gasteiger partial charge in [-0.1, -0.05) is 29.8 Å². The summed E-state index contributed by atoms with van der Waals surface area (Å²) in [5.41, 5.74) is 4.07. The largest absolute Gasteiger partial charge is 0.455 e. The minimum Gasteiger partial charge on any atom is -0.455 e. The van der Waals surface area contributed by atoms with Crippen LogP contribution in [-0.4, -0.2) is 17.0 Å². The summed E-state index contributed by atoms with van der Waals surface area (Å²) >= 11 is 6.12. The number of hydrazone groups is 1. The molecule has 0 aliphatic heterocycles. The zero-order valence-corrected chi connectivity index (χ0v) is 14.9. The third-order valence-electron chi connectivity index (χ3n) is 3.76. The second-order valence-corrected chi connectivity index (χ2v) is 6.08. The fraction of sp³-hybridized carbons (Fsp3) is 0.0526. The first-order chi connectivity index (χ1) is 12.9. The molecule has 1 aromatic heterocycles. The van der Waals surface area contributed by atoms with Gasteiger partial charge in [-0.3, -0.25) is 14.9 Å². The molecule has 0 unspecified atom stereocenters. The quantitative estimate of drug-likeness (QED) is 0.396. The number of benzene rings is 2. The molecular weight excluding hydrogens is 370 g/mol. The molecule has 0 saturated heterocycles. The molecular formula is C19H14ClN3O4. The SMILES string of the molecule is Cc1ccc(-c2ccc(/C=N/NC(=O)c3cccc([N+](=O)[O-])c3)o2)cc1Cl. The van der Waals surface area contributed by atoms with Gasteiger partial charge >= 0.3 is 0 Å². The van der Waals surface area contributed by atoms with Crippen molar-refractivity contribution in [1.29, 1.82) is 0 Å². The highest BCUT2D eigenvalue weighted by Crippen LogP contribution is 2.26. The molecule has 27 heavy (non-hydrogen) atoms. The standard InChI is InChI=1S/C19H14ClN3O4/c1-12-5-6-13(10-17(12)20)18-8-7-16(27-18)11-21-22-19(24)14-3-2-4-15(9-14)23(25)26/h2-11H,1H3,(H,22,24)/b21-11+. The number of nitrogens with zero attached hydrogens (tertiary/aromatic N) is 2. The average Bonchev–Trinajstić information content (AvgIpc) is 3.13. The van der Waals surface area contributed by atoms with Crippen molar-refractivity contribution in [3.05, 3.63) is 86.6 Å². The molecule has 2 aromatic carbocycles. The smallest absolute Gasteiger partial charge is 0.271 e. The molecule has 3 aromatic rings. The predicted molar refractivity (Wildman–Crippen MR) is 102 cm³/mol. The highest BCUT2D eigenvalue weighted by Gasteiger charge is 2.11. The van der Waals surface area contributed by atoms with Crippen LogP contribution in [0.5, 0.6) is 0 Å². The Morgan fingerprint density at radius 3 is 2.78 bits per heavy atom. The van der Waals surface area contributed by atoms with E-state index in [9.17, 15) is 14.9 Å². The van der Waals surface area contributed by atoms with Crippen LogP contribution in [0.2, 0.25) is 5.02 Å². The Morgan fingerprint density at radius 2 is 2.04 bits per heavy atom. The minimum atomic E-state index is -0.568. The van der Waals surface area contributed by atoms with E-state index >= 15 is 0 Å². The highest BCUT2D eigenvalue weighted by molar-refractivity contribution is 6.31. The van der Waals surface area contributed by atoms with E-state index in [0.29, 0.717) is 16.5 Å². The Labute approximate surface area is 159 Å². The van der Waals surface area contributed by atoms with Gasteiger partial charge in [-0.25, -0.2) is 5.43 Å². The molecule has 1 heterocycles. The van der Waals surface area contributed by atoms with E-state index in [1.165, 1.54) is 30.5 Å². The van der Waals surface area contributed by atoms with E-state index in [0.717, 1.165) is 11.1 Å². The van der Waals surface area contributed by atoms with Crippen LogP contribution in [0.4, 0.5) is 5.69 Å². The maximum Gasteiger partial charge on any atom is 0.271 e. The van der Waals surface area contributed by atoms with E-state index in [2.05, 4.69) is 10.5 Å². The first-order valence-electron chi connectivity index (χ1n) is 7.88. The van der Waals surface area contributed by atoms with Crippen molar-refractivity contribution >= 4 is 29.4 Å². The van der Waals surface area contributed by atoms with Crippen LogP contribution in [0, 0.1) is 17.0 Å². The lowest BCUT2D eigenvalue weighted by Gasteiger charge is -2.01. The van der Waals surface area contributed by atoms with Crippen molar-refractivity contribution < 1.29 is 14.1 Å². The second kappa shape index (κ2) is 7.84. The fourth-order valence-corrected chi connectivity index (χ4v) is 2.48. The lowest BCUT2D eigenvalue weighted by molar-refractivity contribution is -0.384. The number of halogens is 1. The molecule has 0 radical (unpaired) electrons. The van der Waals surface area contributed by atoms with Gasteiger partial charge in [0.25, 0.3) is 11.6 Å². The number of nitro groups is 1. The summed E-state index contributed by atoms with van der Waals surface area (Å²) in [5.74, 6) is 0.483. The molecule has 0 aliphatic carbocycles. The molecule has 0 spiro atoms. The van der Waals surface area contributed by atoms with Gasteiger partial charge in [0.1, 0.15) is 11.5 Å². The third-order valence-corrected chi connectivity index (χ3v) is 4.17. The molecule has 1 N–H and O–H groups in total. The van der Waals surface area contributed by atoms with Gasteiger partial charge in [-0.2, -0.15) is 5.10 Å². The van der Waals surface area contributed by atoms with E-state index in [-0.39, 0.29) is 11.3 Å². The molecule has 0 fully saturated rings. The molecule has 136 valence electrons. The molecule has 7 nitrogen and oxygen atoms in total. The summed E-state index contributed by atoms with van der Waals surface area (Å²) in [6.07, 6.45) is 1.34. The van der Waals surface area contributed by atoms with Gasteiger partial charge in [0.05, 0.1) is 11.1 Å². The van der Waals surface area contributed by atoms with Crippen molar-refractivity contribution in [2.75, 3.05) is 0 Å². The first-order valence-corrected chi connectivity index (χ1v) is 8.26.